The first-order chi connectivity index (χ1) is 8.40. The van der Waals surface area contributed by atoms with Gasteiger partial charge in [-0.3, -0.25) is 0 Å². The summed E-state index contributed by atoms with van der Waals surface area (Å²) in [7, 11) is -1.43. The fourth-order valence-corrected chi connectivity index (χ4v) is 2.73. The molecule has 4 nitrogen and oxygen atoms in total. The van der Waals surface area contributed by atoms with Gasteiger partial charge in [0.25, 0.3) is 0 Å². The molecule has 1 aliphatic rings. The summed E-state index contributed by atoms with van der Waals surface area (Å²) in [5.74, 6) is 0. The molecule has 0 aromatic heterocycles. The lowest BCUT2D eigenvalue weighted by Gasteiger charge is -2.35. The van der Waals surface area contributed by atoms with E-state index in [1.807, 2.05) is 13.0 Å². The quantitative estimate of drug-likeness (QED) is 0.908. The van der Waals surface area contributed by atoms with Crippen molar-refractivity contribution in [3.8, 4) is 0 Å². The number of sulfone groups is 1. The van der Waals surface area contributed by atoms with Crippen molar-refractivity contribution in [1.29, 1.82) is 0 Å². The fourth-order valence-electron chi connectivity index (χ4n) is 2.08. The summed E-state index contributed by atoms with van der Waals surface area (Å²) in [5, 5.41) is 3.38. The van der Waals surface area contributed by atoms with Gasteiger partial charge < -0.3 is 10.1 Å². The van der Waals surface area contributed by atoms with Crippen molar-refractivity contribution in [3.63, 3.8) is 0 Å². The van der Waals surface area contributed by atoms with Gasteiger partial charge in [0.1, 0.15) is 0 Å². The van der Waals surface area contributed by atoms with E-state index in [0.29, 0.717) is 17.0 Å². The van der Waals surface area contributed by atoms with E-state index in [0.717, 1.165) is 24.1 Å². The van der Waals surface area contributed by atoms with Gasteiger partial charge in [0.2, 0.25) is 0 Å². The van der Waals surface area contributed by atoms with E-state index in [9.17, 15) is 8.42 Å². The predicted octanol–water partition coefficient (Wildman–Crippen LogP) is 1.99. The normalized spacial score (nSPS) is 23.5. The molecule has 0 saturated heterocycles. The van der Waals surface area contributed by atoms with Gasteiger partial charge in [0, 0.05) is 25.1 Å². The summed E-state index contributed by atoms with van der Waals surface area (Å²) in [6.07, 6.45) is 3.50. The second-order valence-corrected chi connectivity index (χ2v) is 6.94. The molecule has 5 heteroatoms. The van der Waals surface area contributed by atoms with Crippen LogP contribution in [0, 0.1) is 6.92 Å². The van der Waals surface area contributed by atoms with Crippen LogP contribution in [0.5, 0.6) is 0 Å². The molecule has 100 valence electrons. The van der Waals surface area contributed by atoms with Crippen LogP contribution in [0.25, 0.3) is 0 Å². The number of benzene rings is 1. The van der Waals surface area contributed by atoms with Gasteiger partial charge in [0.05, 0.1) is 11.0 Å². The van der Waals surface area contributed by atoms with Gasteiger partial charge in [-0.05, 0) is 37.5 Å². The van der Waals surface area contributed by atoms with E-state index in [4.69, 9.17) is 4.74 Å². The molecule has 1 aromatic rings. The lowest BCUT2D eigenvalue weighted by atomic mass is 9.89. The van der Waals surface area contributed by atoms with E-state index >= 15 is 0 Å². The van der Waals surface area contributed by atoms with E-state index < -0.39 is 9.84 Å². The van der Waals surface area contributed by atoms with Crippen LogP contribution in [0.15, 0.2) is 23.1 Å². The van der Waals surface area contributed by atoms with Crippen molar-refractivity contribution in [3.05, 3.63) is 23.8 Å². The number of hydrogen-bond donors (Lipinski definition) is 1. The molecule has 1 aliphatic carbocycles. The smallest absolute Gasteiger partial charge is 0.175 e. The van der Waals surface area contributed by atoms with E-state index in [-0.39, 0.29) is 0 Å². The molecule has 0 unspecified atom stereocenters. The molecule has 0 spiro atoms. The topological polar surface area (TPSA) is 55.4 Å². The van der Waals surface area contributed by atoms with Crippen LogP contribution in [0.1, 0.15) is 18.4 Å². The average molecular weight is 269 g/mol. The monoisotopic (exact) mass is 269 g/mol. The summed E-state index contributed by atoms with van der Waals surface area (Å²) in [5.41, 5.74) is 1.96. The maximum absolute atomic E-state index is 11.5. The van der Waals surface area contributed by atoms with Crippen molar-refractivity contribution in [2.24, 2.45) is 0 Å². The first-order valence-electron chi connectivity index (χ1n) is 6.00. The van der Waals surface area contributed by atoms with E-state index in [2.05, 4.69) is 5.32 Å². The van der Waals surface area contributed by atoms with Crippen LogP contribution in [-0.4, -0.2) is 33.9 Å². The van der Waals surface area contributed by atoms with Gasteiger partial charge in [-0.2, -0.15) is 0 Å². The molecular weight excluding hydrogens is 250 g/mol. The third kappa shape index (κ3) is 2.84. The van der Waals surface area contributed by atoms with Crippen molar-refractivity contribution < 1.29 is 13.2 Å². The highest BCUT2D eigenvalue weighted by molar-refractivity contribution is 7.90. The van der Waals surface area contributed by atoms with Gasteiger partial charge in [-0.25, -0.2) is 8.42 Å². The largest absolute Gasteiger partial charge is 0.382 e. The summed E-state index contributed by atoms with van der Waals surface area (Å²) >= 11 is 0. The highest BCUT2D eigenvalue weighted by atomic mass is 32.2. The lowest BCUT2D eigenvalue weighted by molar-refractivity contribution is 0.0328. The summed E-state index contributed by atoms with van der Waals surface area (Å²) < 4.78 is 28.3. The Balaban J connectivity index is 2.13. The molecule has 0 bridgehead atoms. The number of rotatable bonds is 4. The molecule has 18 heavy (non-hydrogen) atoms. The van der Waals surface area contributed by atoms with Crippen LogP contribution < -0.4 is 5.32 Å². The van der Waals surface area contributed by atoms with Gasteiger partial charge in [-0.1, -0.05) is 6.07 Å². The first-order valence-corrected chi connectivity index (χ1v) is 7.89. The Morgan fingerprint density at radius 1 is 1.33 bits per heavy atom. The molecule has 2 rings (SSSR count). The maximum Gasteiger partial charge on any atom is 0.175 e. The minimum atomic E-state index is -3.15. The molecule has 0 atom stereocenters. The lowest BCUT2D eigenvalue weighted by Crippen LogP contribution is -2.40. The maximum atomic E-state index is 11.5. The Bertz CT molecular complexity index is 533. The van der Waals surface area contributed by atoms with Crippen LogP contribution in [-0.2, 0) is 14.6 Å². The second kappa shape index (κ2) is 4.90. The summed E-state index contributed by atoms with van der Waals surface area (Å²) in [4.78, 5) is 0.359. The molecule has 0 radical (unpaired) electrons. The highest BCUT2D eigenvalue weighted by Gasteiger charge is 2.29. The second-order valence-electron chi connectivity index (χ2n) is 4.92. The van der Waals surface area contributed by atoms with Crippen LogP contribution in [0.4, 0.5) is 5.69 Å². The van der Waals surface area contributed by atoms with Crippen LogP contribution >= 0.6 is 0 Å². The number of hydrogen-bond acceptors (Lipinski definition) is 4. The van der Waals surface area contributed by atoms with E-state index in [1.165, 1.54) is 6.26 Å². The van der Waals surface area contributed by atoms with Crippen molar-refractivity contribution >= 4 is 15.5 Å². The van der Waals surface area contributed by atoms with Crippen molar-refractivity contribution in [2.45, 2.75) is 36.8 Å². The SMILES string of the molecule is COC1CC(Nc2cc(S(C)(=O)=O)ccc2C)C1. The molecule has 1 aromatic carbocycles. The zero-order valence-electron chi connectivity index (χ0n) is 10.9. The average Bonchev–Trinajstić information content (AvgIpc) is 2.23. The van der Waals surface area contributed by atoms with E-state index in [1.54, 1.807) is 19.2 Å². The molecule has 0 amide bonds. The number of anilines is 1. The molecular formula is C13H19NO3S. The minimum absolute atomic E-state index is 0.334. The Morgan fingerprint density at radius 2 is 2.00 bits per heavy atom. The van der Waals surface area contributed by atoms with Gasteiger partial charge >= 0.3 is 0 Å². The number of ether oxygens (including phenoxy) is 1. The third-order valence-corrected chi connectivity index (χ3v) is 4.54. The van der Waals surface area contributed by atoms with Gasteiger partial charge in [-0.15, -0.1) is 0 Å². The van der Waals surface area contributed by atoms with Crippen LogP contribution in [0.3, 0.4) is 0 Å². The molecule has 1 fully saturated rings. The number of aryl methyl sites for hydroxylation is 1. The zero-order valence-corrected chi connectivity index (χ0v) is 11.8. The highest BCUT2D eigenvalue weighted by Crippen LogP contribution is 2.28. The Morgan fingerprint density at radius 3 is 2.56 bits per heavy atom. The Kier molecular flexibility index (Phi) is 3.64. The Labute approximate surface area is 108 Å². The summed E-state index contributed by atoms with van der Waals surface area (Å²) in [6, 6.07) is 5.58. The number of nitrogens with one attached hydrogen (secondary N) is 1. The first kappa shape index (κ1) is 13.4. The van der Waals surface area contributed by atoms with Crippen molar-refractivity contribution in [1.82, 2.24) is 0 Å². The summed E-state index contributed by atoms with van der Waals surface area (Å²) in [6.45, 7) is 1.97. The third-order valence-electron chi connectivity index (χ3n) is 3.42. The van der Waals surface area contributed by atoms with Crippen molar-refractivity contribution in [2.75, 3.05) is 18.7 Å². The predicted molar refractivity (Wildman–Crippen MR) is 71.7 cm³/mol. The standard InChI is InChI=1S/C13H19NO3S/c1-9-4-5-12(18(3,15)16)8-13(9)14-10-6-11(7-10)17-2/h4-5,8,10-11,14H,6-7H2,1-3H3. The number of methoxy groups -OCH3 is 1. The molecule has 0 aliphatic heterocycles. The molecule has 1 saturated carbocycles. The fraction of sp³-hybridized carbons (Fsp3) is 0.538. The Hall–Kier alpha value is -1.07. The minimum Gasteiger partial charge on any atom is -0.382 e. The zero-order chi connectivity index (χ0) is 13.3. The van der Waals surface area contributed by atoms with Crippen LogP contribution in [0.2, 0.25) is 0 Å². The molecule has 0 heterocycles. The van der Waals surface area contributed by atoms with Gasteiger partial charge in [0.15, 0.2) is 9.84 Å². The molecule has 1 N–H and O–H groups in total.